The number of anilines is 1. The lowest BCUT2D eigenvalue weighted by Gasteiger charge is -2.24. The zero-order valence-electron chi connectivity index (χ0n) is 15.6. The van der Waals surface area contributed by atoms with Crippen LogP contribution in [0.4, 0.5) is 5.69 Å². The Balaban J connectivity index is 2.25. The molecule has 0 atom stereocenters. The summed E-state index contributed by atoms with van der Waals surface area (Å²) < 4.78 is 5.14. The van der Waals surface area contributed by atoms with Gasteiger partial charge in [-0.1, -0.05) is 23.7 Å². The molecule has 0 aliphatic rings. The second kappa shape index (κ2) is 9.75. The molecule has 0 unspecified atom stereocenters. The van der Waals surface area contributed by atoms with Crippen LogP contribution in [0, 0.1) is 0 Å². The lowest BCUT2D eigenvalue weighted by molar-refractivity contribution is -0.143. The number of amides is 2. The molecule has 7 nitrogen and oxygen atoms in total. The third kappa shape index (κ3) is 5.47. The fraction of sp³-hybridized carbons (Fsp3) is 0.250. The van der Waals surface area contributed by atoms with Crippen LogP contribution < -0.4 is 9.64 Å². The van der Waals surface area contributed by atoms with Gasteiger partial charge in [0.15, 0.2) is 0 Å². The standard InChI is InChI=1S/C20H21ClN2O5/c1-22(13-19(25)26)18(24)11-12-23(14-7-9-15(28-2)10-8-14)20(27)16-5-3-4-6-17(16)21/h3-10H,11-13H2,1-2H3,(H,25,26). The first kappa shape index (κ1) is 21.2. The van der Waals surface area contributed by atoms with Crippen LogP contribution in [0.25, 0.3) is 0 Å². The smallest absolute Gasteiger partial charge is 0.323 e. The third-order valence-corrected chi connectivity index (χ3v) is 4.41. The molecule has 1 N–H and O–H groups in total. The predicted molar refractivity (Wildman–Crippen MR) is 106 cm³/mol. The van der Waals surface area contributed by atoms with Crippen LogP contribution in [-0.2, 0) is 9.59 Å². The van der Waals surface area contributed by atoms with Crippen molar-refractivity contribution in [2.75, 3.05) is 32.1 Å². The highest BCUT2D eigenvalue weighted by Crippen LogP contribution is 2.24. The second-order valence-corrected chi connectivity index (χ2v) is 6.44. The molecule has 2 aromatic rings. The quantitative estimate of drug-likeness (QED) is 0.730. The summed E-state index contributed by atoms with van der Waals surface area (Å²) in [4.78, 5) is 38.6. The number of carboxylic acids is 1. The van der Waals surface area contributed by atoms with Gasteiger partial charge in [0, 0.05) is 25.7 Å². The van der Waals surface area contributed by atoms with E-state index in [4.69, 9.17) is 21.4 Å². The number of likely N-dealkylation sites (N-methyl/N-ethyl adjacent to an activating group) is 1. The van der Waals surface area contributed by atoms with Gasteiger partial charge in [0.1, 0.15) is 12.3 Å². The Hall–Kier alpha value is -3.06. The van der Waals surface area contributed by atoms with E-state index in [1.807, 2.05) is 0 Å². The van der Waals surface area contributed by atoms with Gasteiger partial charge in [-0.05, 0) is 36.4 Å². The number of nitrogens with zero attached hydrogens (tertiary/aromatic N) is 2. The lowest BCUT2D eigenvalue weighted by Crippen LogP contribution is -2.37. The van der Waals surface area contributed by atoms with Crippen LogP contribution in [0.1, 0.15) is 16.8 Å². The average molecular weight is 405 g/mol. The molecule has 8 heteroatoms. The number of aliphatic carboxylic acids is 1. The molecule has 0 aromatic heterocycles. The average Bonchev–Trinajstić information content (AvgIpc) is 2.68. The number of carboxylic acid groups (broad SMARTS) is 1. The minimum Gasteiger partial charge on any atom is -0.497 e. The van der Waals surface area contributed by atoms with Gasteiger partial charge in [0.25, 0.3) is 5.91 Å². The van der Waals surface area contributed by atoms with Gasteiger partial charge in [-0.25, -0.2) is 0 Å². The minimum absolute atomic E-state index is 0.0357. The molecule has 0 bridgehead atoms. The Bertz CT molecular complexity index is 854. The lowest BCUT2D eigenvalue weighted by atomic mass is 10.1. The van der Waals surface area contributed by atoms with Crippen molar-refractivity contribution in [2.24, 2.45) is 0 Å². The van der Waals surface area contributed by atoms with Gasteiger partial charge in [-0.3, -0.25) is 14.4 Å². The van der Waals surface area contributed by atoms with Crippen molar-refractivity contribution in [1.29, 1.82) is 0 Å². The number of hydrogen-bond acceptors (Lipinski definition) is 4. The van der Waals surface area contributed by atoms with Gasteiger partial charge in [0.2, 0.25) is 5.91 Å². The summed E-state index contributed by atoms with van der Waals surface area (Å²) in [6.07, 6.45) is -0.0357. The highest BCUT2D eigenvalue weighted by Gasteiger charge is 2.22. The highest BCUT2D eigenvalue weighted by atomic mass is 35.5. The second-order valence-electron chi connectivity index (χ2n) is 6.03. The van der Waals surface area contributed by atoms with E-state index in [9.17, 15) is 14.4 Å². The number of carbonyl (C=O) groups is 3. The van der Waals surface area contributed by atoms with E-state index in [0.29, 0.717) is 22.0 Å². The van der Waals surface area contributed by atoms with Crippen LogP contribution in [0.3, 0.4) is 0 Å². The number of ether oxygens (including phenoxy) is 1. The van der Waals surface area contributed by atoms with Gasteiger partial charge in [-0.15, -0.1) is 0 Å². The molecule has 0 heterocycles. The molecule has 2 rings (SSSR count). The van der Waals surface area contributed by atoms with Crippen molar-refractivity contribution in [3.8, 4) is 5.75 Å². The number of rotatable bonds is 8. The predicted octanol–water partition coefficient (Wildman–Crippen LogP) is 2.93. The molecule has 0 fully saturated rings. The first-order valence-electron chi connectivity index (χ1n) is 8.49. The Morgan fingerprint density at radius 1 is 1.07 bits per heavy atom. The van der Waals surface area contributed by atoms with Gasteiger partial charge in [-0.2, -0.15) is 0 Å². The number of benzene rings is 2. The summed E-state index contributed by atoms with van der Waals surface area (Å²) in [6, 6.07) is 13.5. The SMILES string of the molecule is COc1ccc(N(CCC(=O)N(C)CC(=O)O)C(=O)c2ccccc2Cl)cc1. The van der Waals surface area contributed by atoms with Crippen molar-refractivity contribution < 1.29 is 24.2 Å². The normalized spacial score (nSPS) is 10.2. The first-order chi connectivity index (χ1) is 13.3. The van der Waals surface area contributed by atoms with Crippen molar-refractivity contribution in [1.82, 2.24) is 4.90 Å². The summed E-state index contributed by atoms with van der Waals surface area (Å²) in [6.45, 7) is -0.334. The largest absolute Gasteiger partial charge is 0.497 e. The maximum atomic E-state index is 13.1. The van der Waals surface area contributed by atoms with Gasteiger partial charge < -0.3 is 19.6 Å². The summed E-state index contributed by atoms with van der Waals surface area (Å²) in [5.41, 5.74) is 0.880. The molecule has 148 valence electrons. The van der Waals surface area contributed by atoms with E-state index < -0.39 is 12.5 Å². The van der Waals surface area contributed by atoms with Crippen molar-refractivity contribution >= 4 is 35.1 Å². The first-order valence-corrected chi connectivity index (χ1v) is 8.87. The number of methoxy groups -OCH3 is 1. The van der Waals surface area contributed by atoms with Crippen molar-refractivity contribution in [3.63, 3.8) is 0 Å². The van der Waals surface area contributed by atoms with Crippen LogP contribution >= 0.6 is 11.6 Å². The molecule has 0 saturated heterocycles. The fourth-order valence-electron chi connectivity index (χ4n) is 2.58. The van der Waals surface area contributed by atoms with E-state index in [2.05, 4.69) is 0 Å². The Labute approximate surface area is 168 Å². The topological polar surface area (TPSA) is 87.2 Å². The van der Waals surface area contributed by atoms with E-state index in [1.54, 1.807) is 55.6 Å². The molecule has 2 aromatic carbocycles. The third-order valence-electron chi connectivity index (χ3n) is 4.08. The van der Waals surface area contributed by atoms with Crippen molar-refractivity contribution in [2.45, 2.75) is 6.42 Å². The van der Waals surface area contributed by atoms with Gasteiger partial charge >= 0.3 is 5.97 Å². The summed E-state index contributed by atoms with van der Waals surface area (Å²) in [5, 5.41) is 9.13. The minimum atomic E-state index is -1.10. The van der Waals surface area contributed by atoms with Crippen molar-refractivity contribution in [3.05, 3.63) is 59.1 Å². The molecular weight excluding hydrogens is 384 g/mol. The van der Waals surface area contributed by atoms with E-state index >= 15 is 0 Å². The van der Waals surface area contributed by atoms with E-state index in [-0.39, 0.29) is 24.8 Å². The van der Waals surface area contributed by atoms with Crippen LogP contribution in [0.15, 0.2) is 48.5 Å². The van der Waals surface area contributed by atoms with Crippen LogP contribution in [-0.4, -0.2) is 55.0 Å². The monoisotopic (exact) mass is 404 g/mol. The van der Waals surface area contributed by atoms with Gasteiger partial charge in [0.05, 0.1) is 17.7 Å². The number of hydrogen-bond donors (Lipinski definition) is 1. The summed E-state index contributed by atoms with van der Waals surface area (Å²) >= 11 is 6.16. The molecular formula is C20H21ClN2O5. The summed E-state index contributed by atoms with van der Waals surface area (Å²) in [5.74, 6) is -1.21. The number of carbonyl (C=O) groups excluding carboxylic acids is 2. The summed E-state index contributed by atoms with van der Waals surface area (Å²) in [7, 11) is 2.95. The maximum absolute atomic E-state index is 13.1. The van der Waals surface area contributed by atoms with Crippen LogP contribution in [0.5, 0.6) is 5.75 Å². The fourth-order valence-corrected chi connectivity index (χ4v) is 2.80. The zero-order valence-corrected chi connectivity index (χ0v) is 16.3. The molecule has 28 heavy (non-hydrogen) atoms. The molecule has 2 amide bonds. The number of halogens is 1. The van der Waals surface area contributed by atoms with E-state index in [1.165, 1.54) is 11.9 Å². The maximum Gasteiger partial charge on any atom is 0.323 e. The Morgan fingerprint density at radius 2 is 1.71 bits per heavy atom. The molecule has 0 aliphatic heterocycles. The highest BCUT2D eigenvalue weighted by molar-refractivity contribution is 6.34. The molecule has 0 spiro atoms. The van der Waals surface area contributed by atoms with E-state index in [0.717, 1.165) is 4.90 Å². The molecule has 0 aliphatic carbocycles. The molecule has 0 radical (unpaired) electrons. The molecule has 0 saturated carbocycles. The van der Waals surface area contributed by atoms with Crippen LogP contribution in [0.2, 0.25) is 5.02 Å². The Morgan fingerprint density at radius 3 is 2.29 bits per heavy atom. The Kier molecular flexibility index (Phi) is 7.40. The zero-order chi connectivity index (χ0) is 20.7.